The number of aliphatic carboxylic acids is 1. The molecule has 0 saturated carbocycles. The first-order valence-corrected chi connectivity index (χ1v) is 29.3. The minimum absolute atomic E-state index is 0.0521. The Bertz CT molecular complexity index is 1500. The number of ether oxygens (including phenoxy) is 5. The Morgan fingerprint density at radius 1 is 0.466 bits per heavy atom. The highest BCUT2D eigenvalue weighted by molar-refractivity contribution is 5.74. The van der Waals surface area contributed by atoms with Crippen molar-refractivity contribution in [3.8, 4) is 0 Å². The van der Waals surface area contributed by atoms with Crippen LogP contribution in [0.2, 0.25) is 0 Å². The van der Waals surface area contributed by atoms with Crippen molar-refractivity contribution in [2.24, 2.45) is 0 Å². The highest BCUT2D eigenvalue weighted by atomic mass is 16.7. The van der Waals surface area contributed by atoms with Crippen LogP contribution in [0.25, 0.3) is 0 Å². The van der Waals surface area contributed by atoms with E-state index in [-0.39, 0.29) is 25.9 Å². The van der Waals surface area contributed by atoms with Crippen LogP contribution in [0.5, 0.6) is 0 Å². The molecule has 0 radical (unpaired) electrons. The van der Waals surface area contributed by atoms with Gasteiger partial charge in [0, 0.05) is 19.3 Å². The summed E-state index contributed by atoms with van der Waals surface area (Å²) in [5, 5.41) is 31.5. The van der Waals surface area contributed by atoms with E-state index < -0.39 is 67.3 Å². The molecule has 1 aliphatic rings. The molecule has 6 atom stereocenters. The van der Waals surface area contributed by atoms with E-state index in [0.717, 1.165) is 89.9 Å². The maximum Gasteiger partial charge on any atom is 0.335 e. The fourth-order valence-corrected chi connectivity index (χ4v) is 8.59. The smallest absolute Gasteiger partial charge is 0.335 e. The Balaban J connectivity index is 2.70. The van der Waals surface area contributed by atoms with Crippen molar-refractivity contribution in [2.45, 2.75) is 289 Å². The molecule has 1 saturated heterocycles. The molecular formula is C61H104O12. The number of allylic oxidation sites excluding steroid dienone is 10. The summed E-state index contributed by atoms with van der Waals surface area (Å²) in [6, 6.07) is 0. The van der Waals surface area contributed by atoms with Crippen LogP contribution in [-0.4, -0.2) is 89.2 Å². The van der Waals surface area contributed by atoms with Gasteiger partial charge in [-0.2, -0.15) is 0 Å². The van der Waals surface area contributed by atoms with Crippen LogP contribution >= 0.6 is 0 Å². The first-order chi connectivity index (χ1) is 35.6. The monoisotopic (exact) mass is 1030 g/mol. The second-order valence-electron chi connectivity index (χ2n) is 19.9. The SMILES string of the molecule is CC/C=C\C/C=C\C/C=C\C/C=C\CCCCC(=O)OCC(COC1OC(C(=O)O)C(O)C(O)C1OC(=O)CCCCCCCCC/C=C\CCCCCCCC)OC(=O)CCCCCCCCCCCCC. The summed E-state index contributed by atoms with van der Waals surface area (Å²) in [6.07, 6.45) is 47.7. The largest absolute Gasteiger partial charge is 0.479 e. The molecule has 1 aliphatic heterocycles. The van der Waals surface area contributed by atoms with Gasteiger partial charge in [-0.15, -0.1) is 0 Å². The van der Waals surface area contributed by atoms with E-state index in [2.05, 4.69) is 81.5 Å². The minimum atomic E-state index is -1.91. The van der Waals surface area contributed by atoms with Gasteiger partial charge in [0.25, 0.3) is 0 Å². The van der Waals surface area contributed by atoms with E-state index in [4.69, 9.17) is 23.7 Å². The zero-order valence-corrected chi connectivity index (χ0v) is 46.1. The molecule has 0 bridgehead atoms. The van der Waals surface area contributed by atoms with Gasteiger partial charge in [0.05, 0.1) is 6.61 Å². The number of aliphatic hydroxyl groups is 2. The summed E-state index contributed by atoms with van der Waals surface area (Å²) in [7, 11) is 0. The number of aliphatic hydroxyl groups excluding tert-OH is 2. The lowest BCUT2D eigenvalue weighted by Gasteiger charge is -2.40. The van der Waals surface area contributed by atoms with Crippen LogP contribution in [0.15, 0.2) is 60.8 Å². The predicted octanol–water partition coefficient (Wildman–Crippen LogP) is 14.8. The minimum Gasteiger partial charge on any atom is -0.479 e. The zero-order valence-electron chi connectivity index (χ0n) is 46.1. The van der Waals surface area contributed by atoms with E-state index in [1.54, 1.807) is 0 Å². The van der Waals surface area contributed by atoms with Crippen LogP contribution in [0.4, 0.5) is 0 Å². The zero-order chi connectivity index (χ0) is 53.3. The van der Waals surface area contributed by atoms with Crippen LogP contribution in [0, 0.1) is 0 Å². The van der Waals surface area contributed by atoms with Crippen molar-refractivity contribution in [3.05, 3.63) is 60.8 Å². The highest BCUT2D eigenvalue weighted by Crippen LogP contribution is 2.26. The number of rotatable bonds is 49. The lowest BCUT2D eigenvalue weighted by Crippen LogP contribution is -2.61. The van der Waals surface area contributed by atoms with Crippen molar-refractivity contribution in [2.75, 3.05) is 13.2 Å². The number of carbonyl (C=O) groups is 4. The van der Waals surface area contributed by atoms with Crippen molar-refractivity contribution >= 4 is 23.9 Å². The molecule has 1 heterocycles. The van der Waals surface area contributed by atoms with E-state index in [0.29, 0.717) is 19.3 Å². The molecular weight excluding hydrogens is 925 g/mol. The molecule has 12 nitrogen and oxygen atoms in total. The van der Waals surface area contributed by atoms with Crippen molar-refractivity contribution < 1.29 is 58.2 Å². The third-order valence-electron chi connectivity index (χ3n) is 13.1. The Hall–Kier alpha value is -3.58. The molecule has 1 rings (SSSR count). The number of hydrogen-bond acceptors (Lipinski definition) is 11. The molecule has 6 unspecified atom stereocenters. The Kier molecular flexibility index (Phi) is 45.5. The van der Waals surface area contributed by atoms with Crippen molar-refractivity contribution in [3.63, 3.8) is 0 Å². The van der Waals surface area contributed by atoms with E-state index in [9.17, 15) is 34.5 Å². The Labute approximate surface area is 443 Å². The highest BCUT2D eigenvalue weighted by Gasteiger charge is 2.50. The van der Waals surface area contributed by atoms with Gasteiger partial charge in [0.15, 0.2) is 24.6 Å². The molecule has 420 valence electrons. The van der Waals surface area contributed by atoms with Gasteiger partial charge >= 0.3 is 23.9 Å². The third-order valence-corrected chi connectivity index (χ3v) is 13.1. The summed E-state index contributed by atoms with van der Waals surface area (Å²) in [4.78, 5) is 51.0. The summed E-state index contributed by atoms with van der Waals surface area (Å²) in [5.74, 6) is -3.17. The summed E-state index contributed by atoms with van der Waals surface area (Å²) in [5.41, 5.74) is 0. The van der Waals surface area contributed by atoms with E-state index >= 15 is 0 Å². The number of unbranched alkanes of at least 4 members (excludes halogenated alkanes) is 25. The summed E-state index contributed by atoms with van der Waals surface area (Å²) >= 11 is 0. The first kappa shape index (κ1) is 67.4. The Morgan fingerprint density at radius 3 is 1.36 bits per heavy atom. The molecule has 0 spiro atoms. The lowest BCUT2D eigenvalue weighted by molar-refractivity contribution is -0.301. The second-order valence-corrected chi connectivity index (χ2v) is 19.9. The van der Waals surface area contributed by atoms with Gasteiger partial charge in [-0.25, -0.2) is 4.79 Å². The number of carboxylic acid groups (broad SMARTS) is 1. The molecule has 0 amide bonds. The molecule has 0 aliphatic carbocycles. The Morgan fingerprint density at radius 2 is 0.863 bits per heavy atom. The molecule has 12 heteroatoms. The predicted molar refractivity (Wildman–Crippen MR) is 294 cm³/mol. The fraction of sp³-hybridized carbons (Fsp3) is 0.770. The maximum atomic E-state index is 13.1. The molecule has 0 aromatic carbocycles. The van der Waals surface area contributed by atoms with Crippen LogP contribution < -0.4 is 0 Å². The number of carboxylic acids is 1. The number of esters is 3. The van der Waals surface area contributed by atoms with Crippen LogP contribution in [0.3, 0.4) is 0 Å². The molecule has 0 aromatic heterocycles. The number of carbonyl (C=O) groups excluding carboxylic acids is 3. The van der Waals surface area contributed by atoms with Gasteiger partial charge in [-0.05, 0) is 83.5 Å². The van der Waals surface area contributed by atoms with Gasteiger partial charge < -0.3 is 39.0 Å². The fourth-order valence-electron chi connectivity index (χ4n) is 8.59. The molecule has 3 N–H and O–H groups in total. The third kappa shape index (κ3) is 39.5. The molecule has 73 heavy (non-hydrogen) atoms. The average Bonchev–Trinajstić information content (AvgIpc) is 3.37. The van der Waals surface area contributed by atoms with Gasteiger partial charge in [0.1, 0.15) is 18.8 Å². The maximum absolute atomic E-state index is 13.1. The summed E-state index contributed by atoms with van der Waals surface area (Å²) in [6.45, 7) is 5.83. The normalized spacial score (nSPS) is 18.7. The summed E-state index contributed by atoms with van der Waals surface area (Å²) < 4.78 is 28.4. The molecule has 0 aromatic rings. The molecule has 1 fully saturated rings. The van der Waals surface area contributed by atoms with Gasteiger partial charge in [0.2, 0.25) is 0 Å². The lowest BCUT2D eigenvalue weighted by atomic mass is 9.98. The topological polar surface area (TPSA) is 175 Å². The standard InChI is InChI=1S/C61H104O12/c1-4-7-10-13-16-19-22-24-26-27-29-31-34-37-40-43-46-49-55(64)72-59-57(66)56(65)58(60(67)68)73-61(59)70-51-52(71-54(63)48-45-42-39-36-32-21-18-15-12-9-6-3)50-69-53(62)47-44-41-38-35-33-30-28-25-23-20-17-14-11-8-5-2/h8,11,17,20,24-26,28,33,35,52,56-59,61,65-66H,4-7,9-10,12-16,18-19,21-23,27,29-32,34,36-51H2,1-3H3,(H,67,68)/b11-8-,20-17-,26-24-,28-25-,35-33-. The van der Waals surface area contributed by atoms with Gasteiger partial charge in [-0.1, -0.05) is 210 Å². The second kappa shape index (κ2) is 49.3. The average molecular weight is 1030 g/mol. The van der Waals surface area contributed by atoms with Crippen molar-refractivity contribution in [1.29, 1.82) is 0 Å². The van der Waals surface area contributed by atoms with Gasteiger partial charge in [-0.3, -0.25) is 14.4 Å². The number of hydrogen-bond donors (Lipinski definition) is 3. The van der Waals surface area contributed by atoms with Crippen LogP contribution in [0.1, 0.15) is 252 Å². The first-order valence-electron chi connectivity index (χ1n) is 29.3. The van der Waals surface area contributed by atoms with E-state index in [1.807, 2.05) is 0 Å². The van der Waals surface area contributed by atoms with E-state index in [1.165, 1.54) is 103 Å². The quantitative estimate of drug-likeness (QED) is 0.0228. The van der Waals surface area contributed by atoms with Crippen molar-refractivity contribution in [1.82, 2.24) is 0 Å². The van der Waals surface area contributed by atoms with Crippen LogP contribution in [-0.2, 0) is 42.9 Å².